The molecule has 0 aliphatic carbocycles. The molecule has 3 heterocycles. The summed E-state index contributed by atoms with van der Waals surface area (Å²) in [4.78, 5) is 31.8. The molecule has 1 amide bonds. The van der Waals surface area contributed by atoms with Crippen LogP contribution in [0.15, 0.2) is 48.2 Å². The summed E-state index contributed by atoms with van der Waals surface area (Å²) in [6.45, 7) is 4.28. The highest BCUT2D eigenvalue weighted by Gasteiger charge is 2.43. The van der Waals surface area contributed by atoms with Gasteiger partial charge >= 0.3 is 5.97 Å². The molecule has 2 aliphatic rings. The monoisotopic (exact) mass is 553 g/mol. The Morgan fingerprint density at radius 3 is 2.90 bits per heavy atom. The molecule has 10 nitrogen and oxygen atoms in total. The standard InChI is InChI=1S/C30H39N3O7/c1-19(2)15-22(38-3)10-11-25-28(34)33-18-23(17-26(33)29(35)36)40-27-24-16-20(8-9-21(24)12-13-31-27)7-5-4-6-14-39-30(37)32-25/h5,7-9,12-13,15-16,22-23,25-26,30,32,37H,4,6,10-11,14,17-18H2,1-3H3,(H,35,36)/b7-5+/t22?,23-,25+,26+,30?/m1/s1. The van der Waals surface area contributed by atoms with Gasteiger partial charge in [-0.2, -0.15) is 0 Å². The largest absolute Gasteiger partial charge is 0.480 e. The number of methoxy groups -OCH3 is 1. The molecule has 1 aromatic heterocycles. The number of benzene rings is 1. The third kappa shape index (κ3) is 7.66. The summed E-state index contributed by atoms with van der Waals surface area (Å²) in [6, 6.07) is 5.91. The number of aromatic nitrogens is 1. The van der Waals surface area contributed by atoms with Gasteiger partial charge in [-0.15, -0.1) is 0 Å². The Labute approximate surface area is 234 Å². The Kier molecular flexibility index (Phi) is 10.3. The van der Waals surface area contributed by atoms with Crippen LogP contribution in [0.25, 0.3) is 16.8 Å². The number of rotatable bonds is 6. The van der Waals surface area contributed by atoms with Gasteiger partial charge in [0, 0.05) is 25.1 Å². The van der Waals surface area contributed by atoms with Crippen molar-refractivity contribution in [2.24, 2.45) is 0 Å². The second-order valence-corrected chi connectivity index (χ2v) is 10.5. The van der Waals surface area contributed by atoms with Crippen molar-refractivity contribution in [3.05, 3.63) is 53.8 Å². The number of carboxylic acid groups (broad SMARTS) is 1. The molecule has 0 radical (unpaired) electrons. The van der Waals surface area contributed by atoms with E-state index in [2.05, 4.69) is 10.3 Å². The van der Waals surface area contributed by atoms with Gasteiger partial charge in [0.15, 0.2) is 0 Å². The zero-order valence-electron chi connectivity index (χ0n) is 23.3. The third-order valence-electron chi connectivity index (χ3n) is 7.17. The quantitative estimate of drug-likeness (QED) is 0.460. The zero-order chi connectivity index (χ0) is 28.6. The smallest absolute Gasteiger partial charge is 0.326 e. The van der Waals surface area contributed by atoms with E-state index in [4.69, 9.17) is 14.2 Å². The van der Waals surface area contributed by atoms with Crippen molar-refractivity contribution in [2.45, 2.75) is 76.7 Å². The Balaban J connectivity index is 1.64. The molecule has 4 bridgehead atoms. The van der Waals surface area contributed by atoms with E-state index in [0.717, 1.165) is 28.3 Å². The van der Waals surface area contributed by atoms with Gasteiger partial charge in [0.25, 0.3) is 0 Å². The molecule has 40 heavy (non-hydrogen) atoms. The highest BCUT2D eigenvalue weighted by Crippen LogP contribution is 2.30. The third-order valence-corrected chi connectivity index (χ3v) is 7.17. The first-order chi connectivity index (χ1) is 19.2. The Hall–Kier alpha value is -3.31. The van der Waals surface area contributed by atoms with Gasteiger partial charge in [-0.25, -0.2) is 9.78 Å². The molecule has 4 rings (SSSR count). The van der Waals surface area contributed by atoms with Crippen LogP contribution in [-0.4, -0.2) is 82.9 Å². The van der Waals surface area contributed by atoms with Gasteiger partial charge in [-0.05, 0) is 62.6 Å². The van der Waals surface area contributed by atoms with Crippen molar-refractivity contribution in [3.63, 3.8) is 0 Å². The zero-order valence-corrected chi connectivity index (χ0v) is 23.3. The molecule has 10 heteroatoms. The SMILES string of the molecule is COC(C=C(C)C)CC[C@@H]1NC(O)OCCC/C=C/c2ccc3ccnc(c3c2)O[C@@H]2C[C@@H](C(=O)O)N(C2)C1=O. The van der Waals surface area contributed by atoms with Crippen LogP contribution in [0.1, 0.15) is 51.5 Å². The van der Waals surface area contributed by atoms with E-state index >= 15 is 0 Å². The molecular weight excluding hydrogens is 514 g/mol. The van der Waals surface area contributed by atoms with Gasteiger partial charge in [0.1, 0.15) is 12.1 Å². The number of amides is 1. The number of pyridine rings is 1. The molecule has 2 aliphatic heterocycles. The molecule has 1 fully saturated rings. The van der Waals surface area contributed by atoms with Crippen LogP contribution in [-0.2, 0) is 19.1 Å². The van der Waals surface area contributed by atoms with Gasteiger partial charge in [-0.3, -0.25) is 10.1 Å². The summed E-state index contributed by atoms with van der Waals surface area (Å²) in [5.74, 6) is -1.15. The van der Waals surface area contributed by atoms with E-state index in [-0.39, 0.29) is 25.7 Å². The molecule has 216 valence electrons. The lowest BCUT2D eigenvalue weighted by atomic mass is 10.0. The molecule has 3 N–H and O–H groups in total. The Morgan fingerprint density at radius 2 is 2.15 bits per heavy atom. The van der Waals surface area contributed by atoms with Gasteiger partial charge in [0.2, 0.25) is 18.2 Å². The maximum Gasteiger partial charge on any atom is 0.326 e. The molecule has 2 aromatic rings. The lowest BCUT2D eigenvalue weighted by Gasteiger charge is -2.29. The topological polar surface area (TPSA) is 130 Å². The highest BCUT2D eigenvalue weighted by atomic mass is 16.6. The first kappa shape index (κ1) is 29.7. The second-order valence-electron chi connectivity index (χ2n) is 10.5. The van der Waals surface area contributed by atoms with Crippen molar-refractivity contribution in [2.75, 3.05) is 20.3 Å². The molecule has 5 atom stereocenters. The van der Waals surface area contributed by atoms with Crippen molar-refractivity contribution >= 4 is 28.7 Å². The Morgan fingerprint density at radius 1 is 1.32 bits per heavy atom. The number of aliphatic hydroxyl groups is 1. The minimum Gasteiger partial charge on any atom is -0.480 e. The molecule has 2 unspecified atom stereocenters. The van der Waals surface area contributed by atoms with Crippen molar-refractivity contribution < 1.29 is 34.0 Å². The number of carbonyl (C=O) groups excluding carboxylic acids is 1. The minimum absolute atomic E-state index is 0.0737. The molecule has 0 spiro atoms. The van der Waals surface area contributed by atoms with Crippen LogP contribution < -0.4 is 10.1 Å². The van der Waals surface area contributed by atoms with Crippen LogP contribution in [0.4, 0.5) is 0 Å². The summed E-state index contributed by atoms with van der Waals surface area (Å²) in [5.41, 5.74) is 2.05. The van der Waals surface area contributed by atoms with Gasteiger partial charge in [-0.1, -0.05) is 35.9 Å². The molecule has 0 saturated carbocycles. The number of aliphatic carboxylic acids is 1. The fourth-order valence-electron chi connectivity index (χ4n) is 5.16. The predicted octanol–water partition coefficient (Wildman–Crippen LogP) is 3.49. The normalized spacial score (nSPS) is 25.6. The van der Waals surface area contributed by atoms with Crippen LogP contribution in [0.5, 0.6) is 5.88 Å². The Bertz CT molecular complexity index is 1240. The van der Waals surface area contributed by atoms with E-state index in [0.29, 0.717) is 25.1 Å². The molecule has 1 saturated heterocycles. The van der Waals surface area contributed by atoms with E-state index in [1.165, 1.54) is 4.90 Å². The van der Waals surface area contributed by atoms with Crippen LogP contribution in [0, 0.1) is 0 Å². The highest BCUT2D eigenvalue weighted by molar-refractivity contribution is 5.89. The van der Waals surface area contributed by atoms with Crippen LogP contribution in [0.2, 0.25) is 0 Å². The number of aliphatic hydroxyl groups excluding tert-OH is 1. The number of carboxylic acids is 1. The number of carbonyl (C=O) groups is 2. The molecular formula is C30H39N3O7. The van der Waals surface area contributed by atoms with E-state index in [9.17, 15) is 19.8 Å². The summed E-state index contributed by atoms with van der Waals surface area (Å²) < 4.78 is 17.3. The van der Waals surface area contributed by atoms with Gasteiger partial charge in [0.05, 0.1) is 25.3 Å². The lowest BCUT2D eigenvalue weighted by Crippen LogP contribution is -2.53. The van der Waals surface area contributed by atoms with Crippen molar-refractivity contribution in [3.8, 4) is 5.88 Å². The van der Waals surface area contributed by atoms with E-state index in [1.54, 1.807) is 13.3 Å². The van der Waals surface area contributed by atoms with Crippen molar-refractivity contribution in [1.82, 2.24) is 15.2 Å². The average Bonchev–Trinajstić information content (AvgIpc) is 3.35. The number of nitrogens with zero attached hydrogens (tertiary/aromatic N) is 2. The number of ether oxygens (including phenoxy) is 3. The maximum atomic E-state index is 13.8. The predicted molar refractivity (Wildman–Crippen MR) is 151 cm³/mol. The van der Waals surface area contributed by atoms with E-state index < -0.39 is 36.5 Å². The summed E-state index contributed by atoms with van der Waals surface area (Å²) in [6.07, 6.45) is 7.78. The summed E-state index contributed by atoms with van der Waals surface area (Å²) in [5, 5.41) is 25.2. The first-order valence-corrected chi connectivity index (χ1v) is 13.7. The summed E-state index contributed by atoms with van der Waals surface area (Å²) >= 11 is 0. The number of fused-ring (bicyclic) bond motifs is 3. The van der Waals surface area contributed by atoms with Crippen molar-refractivity contribution in [1.29, 1.82) is 0 Å². The lowest BCUT2D eigenvalue weighted by molar-refractivity contribution is -0.154. The fraction of sp³-hybridized carbons (Fsp3) is 0.500. The van der Waals surface area contributed by atoms with Gasteiger partial charge < -0.3 is 29.3 Å². The number of nitrogens with one attached hydrogen (secondary N) is 1. The summed E-state index contributed by atoms with van der Waals surface area (Å²) in [7, 11) is 1.60. The number of hydrogen-bond acceptors (Lipinski definition) is 8. The minimum atomic E-state index is -1.39. The maximum absolute atomic E-state index is 13.8. The van der Waals surface area contributed by atoms with E-state index in [1.807, 2.05) is 56.3 Å². The number of allylic oxidation sites excluding steroid dienone is 2. The first-order valence-electron chi connectivity index (χ1n) is 13.7. The second kappa shape index (κ2) is 13.8. The fourth-order valence-corrected chi connectivity index (χ4v) is 5.16. The van der Waals surface area contributed by atoms with Crippen LogP contribution in [0.3, 0.4) is 0 Å². The van der Waals surface area contributed by atoms with Crippen LogP contribution >= 0.6 is 0 Å². The average molecular weight is 554 g/mol. The number of hydrogen-bond donors (Lipinski definition) is 3. The molecule has 1 aromatic carbocycles.